The third-order valence-corrected chi connectivity index (χ3v) is 3.78. The molecule has 2 aliphatic rings. The first-order valence-electron chi connectivity index (χ1n) is 6.31. The molecule has 0 bridgehead atoms. The van der Waals surface area contributed by atoms with Crippen LogP contribution in [-0.2, 0) is 9.59 Å². The quantitative estimate of drug-likeness (QED) is 0.697. The molecule has 2 aliphatic heterocycles. The summed E-state index contributed by atoms with van der Waals surface area (Å²) < 4.78 is 0. The van der Waals surface area contributed by atoms with E-state index < -0.39 is 5.54 Å². The third-order valence-electron chi connectivity index (χ3n) is 3.78. The van der Waals surface area contributed by atoms with E-state index in [1.807, 2.05) is 13.8 Å². The van der Waals surface area contributed by atoms with Gasteiger partial charge in [0, 0.05) is 19.5 Å². The Bertz CT molecular complexity index is 322. The van der Waals surface area contributed by atoms with Crippen LogP contribution >= 0.6 is 0 Å². The van der Waals surface area contributed by atoms with Crippen LogP contribution in [0.3, 0.4) is 0 Å². The second-order valence-corrected chi connectivity index (χ2v) is 5.42. The largest absolute Gasteiger partial charge is 0.352 e. The highest BCUT2D eigenvalue weighted by Crippen LogP contribution is 2.21. The Morgan fingerprint density at radius 2 is 2.24 bits per heavy atom. The molecule has 0 aromatic rings. The van der Waals surface area contributed by atoms with Crippen molar-refractivity contribution in [3.63, 3.8) is 0 Å². The fraction of sp³-hybridized carbons (Fsp3) is 0.833. The van der Waals surface area contributed by atoms with Crippen molar-refractivity contribution in [3.05, 3.63) is 0 Å². The van der Waals surface area contributed by atoms with Crippen molar-refractivity contribution in [1.29, 1.82) is 0 Å². The van der Waals surface area contributed by atoms with E-state index in [0.717, 1.165) is 19.5 Å². The first kappa shape index (κ1) is 12.4. The molecule has 2 N–H and O–H groups in total. The van der Waals surface area contributed by atoms with Crippen molar-refractivity contribution in [1.82, 2.24) is 15.5 Å². The van der Waals surface area contributed by atoms with Crippen molar-refractivity contribution in [2.45, 2.75) is 32.2 Å². The lowest BCUT2D eigenvalue weighted by atomic mass is 9.96. The summed E-state index contributed by atoms with van der Waals surface area (Å²) in [6, 6.07) is 0. The van der Waals surface area contributed by atoms with Gasteiger partial charge in [0.2, 0.25) is 11.8 Å². The lowest BCUT2D eigenvalue weighted by Crippen LogP contribution is -2.63. The first-order chi connectivity index (χ1) is 8.01. The number of piperazine rings is 1. The average molecular weight is 239 g/mol. The van der Waals surface area contributed by atoms with Gasteiger partial charge in [-0.2, -0.15) is 0 Å². The lowest BCUT2D eigenvalue weighted by Gasteiger charge is -2.41. The topological polar surface area (TPSA) is 61.4 Å². The van der Waals surface area contributed by atoms with Gasteiger partial charge in [0.1, 0.15) is 5.54 Å². The van der Waals surface area contributed by atoms with Gasteiger partial charge < -0.3 is 15.5 Å². The minimum Gasteiger partial charge on any atom is -0.352 e. The number of nitrogens with zero attached hydrogens (tertiary/aromatic N) is 1. The van der Waals surface area contributed by atoms with E-state index in [0.29, 0.717) is 25.4 Å². The molecule has 2 heterocycles. The third kappa shape index (κ3) is 2.44. The number of amides is 2. The van der Waals surface area contributed by atoms with Crippen LogP contribution in [0.4, 0.5) is 0 Å². The fourth-order valence-electron chi connectivity index (χ4n) is 2.58. The van der Waals surface area contributed by atoms with Crippen molar-refractivity contribution in [2.75, 3.05) is 26.2 Å². The Hall–Kier alpha value is -1.10. The molecule has 5 heteroatoms. The predicted molar refractivity (Wildman–Crippen MR) is 64.4 cm³/mol. The predicted octanol–water partition coefficient (Wildman–Crippen LogP) is -0.277. The van der Waals surface area contributed by atoms with Crippen molar-refractivity contribution in [3.8, 4) is 0 Å². The van der Waals surface area contributed by atoms with E-state index in [-0.39, 0.29) is 11.8 Å². The van der Waals surface area contributed by atoms with Gasteiger partial charge >= 0.3 is 0 Å². The Labute approximate surface area is 102 Å². The molecule has 0 aromatic heterocycles. The Morgan fingerprint density at radius 1 is 1.47 bits per heavy atom. The van der Waals surface area contributed by atoms with Crippen molar-refractivity contribution in [2.24, 2.45) is 5.92 Å². The van der Waals surface area contributed by atoms with Crippen LogP contribution in [-0.4, -0.2) is 48.4 Å². The van der Waals surface area contributed by atoms with E-state index >= 15 is 0 Å². The molecule has 1 unspecified atom stereocenters. The molecule has 2 fully saturated rings. The SMILES string of the molecule is CC1(C)C(=O)NCCN1C(=O)CC1CCNC1. The van der Waals surface area contributed by atoms with Gasteiger partial charge in [0.05, 0.1) is 0 Å². The van der Waals surface area contributed by atoms with Crippen molar-refractivity contribution < 1.29 is 9.59 Å². The molecule has 1 atom stereocenters. The van der Waals surface area contributed by atoms with Crippen LogP contribution in [0.5, 0.6) is 0 Å². The molecule has 2 rings (SSSR count). The molecular weight excluding hydrogens is 218 g/mol. The summed E-state index contributed by atoms with van der Waals surface area (Å²) in [5.41, 5.74) is -0.707. The van der Waals surface area contributed by atoms with Gasteiger partial charge in [-0.3, -0.25) is 9.59 Å². The maximum atomic E-state index is 12.2. The summed E-state index contributed by atoms with van der Waals surface area (Å²) in [6.45, 7) is 6.74. The maximum absolute atomic E-state index is 12.2. The standard InChI is InChI=1S/C12H21N3O2/c1-12(2)11(17)14-5-6-15(12)10(16)7-9-3-4-13-8-9/h9,13H,3-8H2,1-2H3,(H,14,17). The number of hydrogen-bond acceptors (Lipinski definition) is 3. The number of rotatable bonds is 2. The van der Waals surface area contributed by atoms with Gasteiger partial charge in [0.25, 0.3) is 0 Å². The van der Waals surface area contributed by atoms with Gasteiger partial charge in [0.15, 0.2) is 0 Å². The summed E-state index contributed by atoms with van der Waals surface area (Å²) in [4.78, 5) is 25.7. The van der Waals surface area contributed by atoms with Crippen LogP contribution < -0.4 is 10.6 Å². The number of nitrogens with one attached hydrogen (secondary N) is 2. The molecular formula is C12H21N3O2. The monoisotopic (exact) mass is 239 g/mol. The molecule has 0 saturated carbocycles. The molecule has 2 amide bonds. The van der Waals surface area contributed by atoms with E-state index in [1.54, 1.807) is 4.90 Å². The Morgan fingerprint density at radius 3 is 2.88 bits per heavy atom. The minimum atomic E-state index is -0.707. The zero-order valence-corrected chi connectivity index (χ0v) is 10.6. The molecule has 0 spiro atoms. The summed E-state index contributed by atoms with van der Waals surface area (Å²) in [6.07, 6.45) is 1.62. The first-order valence-corrected chi connectivity index (χ1v) is 6.31. The van der Waals surface area contributed by atoms with E-state index in [1.165, 1.54) is 0 Å². The Balaban J connectivity index is 1.99. The van der Waals surface area contributed by atoms with Gasteiger partial charge in [-0.1, -0.05) is 0 Å². The van der Waals surface area contributed by atoms with Gasteiger partial charge in [-0.25, -0.2) is 0 Å². The highest BCUT2D eigenvalue weighted by Gasteiger charge is 2.40. The second-order valence-electron chi connectivity index (χ2n) is 5.42. The Kier molecular flexibility index (Phi) is 3.38. The fourth-order valence-corrected chi connectivity index (χ4v) is 2.58. The zero-order valence-electron chi connectivity index (χ0n) is 10.6. The number of carbonyl (C=O) groups is 2. The summed E-state index contributed by atoms with van der Waals surface area (Å²) in [5.74, 6) is 0.489. The van der Waals surface area contributed by atoms with E-state index in [9.17, 15) is 9.59 Å². The maximum Gasteiger partial charge on any atom is 0.245 e. The van der Waals surface area contributed by atoms with Crippen LogP contribution in [0.15, 0.2) is 0 Å². The lowest BCUT2D eigenvalue weighted by molar-refractivity contribution is -0.149. The van der Waals surface area contributed by atoms with Crippen LogP contribution in [0.2, 0.25) is 0 Å². The number of hydrogen-bond donors (Lipinski definition) is 2. The summed E-state index contributed by atoms with van der Waals surface area (Å²) >= 11 is 0. The molecule has 17 heavy (non-hydrogen) atoms. The molecule has 5 nitrogen and oxygen atoms in total. The van der Waals surface area contributed by atoms with Gasteiger partial charge in [-0.15, -0.1) is 0 Å². The molecule has 0 aromatic carbocycles. The smallest absolute Gasteiger partial charge is 0.245 e. The van der Waals surface area contributed by atoms with E-state index in [2.05, 4.69) is 10.6 Å². The molecule has 0 radical (unpaired) electrons. The zero-order chi connectivity index (χ0) is 12.5. The summed E-state index contributed by atoms with van der Waals surface area (Å²) in [5, 5.41) is 6.07. The molecule has 96 valence electrons. The van der Waals surface area contributed by atoms with Crippen LogP contribution in [0, 0.1) is 5.92 Å². The average Bonchev–Trinajstić information content (AvgIpc) is 2.74. The molecule has 2 saturated heterocycles. The normalized spacial score (nSPS) is 28.0. The number of carbonyl (C=O) groups excluding carboxylic acids is 2. The second kappa shape index (κ2) is 4.64. The van der Waals surface area contributed by atoms with Crippen molar-refractivity contribution >= 4 is 11.8 Å². The van der Waals surface area contributed by atoms with E-state index in [4.69, 9.17) is 0 Å². The minimum absolute atomic E-state index is 0.0540. The summed E-state index contributed by atoms with van der Waals surface area (Å²) in [7, 11) is 0. The van der Waals surface area contributed by atoms with Crippen LogP contribution in [0.25, 0.3) is 0 Å². The van der Waals surface area contributed by atoms with Crippen LogP contribution in [0.1, 0.15) is 26.7 Å². The highest BCUT2D eigenvalue weighted by atomic mass is 16.2. The highest BCUT2D eigenvalue weighted by molar-refractivity contribution is 5.91. The van der Waals surface area contributed by atoms with Gasteiger partial charge in [-0.05, 0) is 39.3 Å². The molecule has 0 aliphatic carbocycles.